The molecule has 0 unspecified atom stereocenters. The van der Waals surface area contributed by atoms with Gasteiger partial charge in [-0.25, -0.2) is 0 Å². The highest BCUT2D eigenvalue weighted by Crippen LogP contribution is 2.13. The van der Waals surface area contributed by atoms with Gasteiger partial charge in [-0.3, -0.25) is 7.32 Å². The molecular weight excluding hydrogens is 389 g/mol. The Morgan fingerprint density at radius 2 is 0.742 bits per heavy atom. The van der Waals surface area contributed by atoms with Gasteiger partial charge in [-0.15, -0.1) is 0 Å². The van der Waals surface area contributed by atoms with Crippen molar-refractivity contribution < 1.29 is 31.0 Å². The molecule has 7 heteroatoms. The summed E-state index contributed by atoms with van der Waals surface area (Å²) >= 11 is 0. The van der Waals surface area contributed by atoms with E-state index in [1.807, 2.05) is 0 Å². The van der Waals surface area contributed by atoms with Gasteiger partial charge in [0.1, 0.15) is 17.1 Å². The Hall–Kier alpha value is -2.52. The second-order valence-corrected chi connectivity index (χ2v) is 7.61. The molecule has 3 aliphatic heterocycles. The Balaban J connectivity index is 0.000000122. The Bertz CT molecular complexity index is 763. The van der Waals surface area contributed by atoms with Crippen molar-refractivity contribution >= 4 is 24.4 Å². The third-order valence-corrected chi connectivity index (χ3v) is 5.50. The molecule has 0 spiro atoms. The van der Waals surface area contributed by atoms with Crippen LogP contribution in [0.25, 0.3) is 0 Å². The highest BCUT2D eigenvalue weighted by molar-refractivity contribution is 6.24. The first-order valence-electron chi connectivity index (χ1n) is 10.8. The van der Waals surface area contributed by atoms with E-state index < -0.39 is 7.32 Å². The van der Waals surface area contributed by atoms with E-state index in [-0.39, 0.29) is 0 Å². The lowest BCUT2D eigenvalue weighted by molar-refractivity contribution is -0.561. The first-order valence-corrected chi connectivity index (χ1v) is 10.8. The minimum atomic E-state index is -2.92. The monoisotopic (exact) mass is 419 g/mol. The van der Waals surface area contributed by atoms with Gasteiger partial charge in [-0.05, 0) is 18.2 Å². The molecule has 0 saturated carbocycles. The number of fused-ring (bicyclic) bond motifs is 3. The molecule has 0 atom stereocenters. The van der Waals surface area contributed by atoms with Crippen LogP contribution < -0.4 is 31.0 Å². The third kappa shape index (κ3) is 7.59. The fourth-order valence-corrected chi connectivity index (χ4v) is 4.03. The number of benzene rings is 3. The van der Waals surface area contributed by atoms with Gasteiger partial charge >= 0.3 is 0 Å². The number of quaternary nitrogens is 3. The second kappa shape index (κ2) is 12.4. The second-order valence-electron chi connectivity index (χ2n) is 7.61. The molecule has 0 amide bonds. The predicted octanol–water partition coefficient (Wildman–Crippen LogP) is -2.63. The zero-order chi connectivity index (χ0) is 21.9. The molecule has 3 aliphatic rings. The highest BCUT2D eigenvalue weighted by atomic mass is 16.5. The molecule has 0 radical (unpaired) electrons. The zero-order valence-electron chi connectivity index (χ0n) is 17.7. The maximum Gasteiger partial charge on any atom is 0.133 e. The summed E-state index contributed by atoms with van der Waals surface area (Å²) in [6, 6.07) is 25.8. The van der Waals surface area contributed by atoms with E-state index in [4.69, 9.17) is 15.1 Å². The minimum absolute atomic E-state index is 1.24. The smallest absolute Gasteiger partial charge is 0.133 e. The Labute approximate surface area is 184 Å². The van der Waals surface area contributed by atoms with Gasteiger partial charge < -0.3 is 31.0 Å². The van der Waals surface area contributed by atoms with E-state index in [2.05, 4.69) is 88.7 Å². The predicted molar refractivity (Wildman–Crippen MR) is 116 cm³/mol. The molecule has 6 N–H and O–H groups in total. The van der Waals surface area contributed by atoms with E-state index in [1.165, 1.54) is 72.6 Å². The van der Waals surface area contributed by atoms with E-state index in [0.29, 0.717) is 0 Å². The van der Waals surface area contributed by atoms with Gasteiger partial charge in [0.15, 0.2) is 0 Å². The molecule has 0 aromatic heterocycles. The number of nitrogens with two attached hydrogens (primary N) is 3. The van der Waals surface area contributed by atoms with Crippen molar-refractivity contribution in [3.63, 3.8) is 0 Å². The Morgan fingerprint density at radius 1 is 0.484 bits per heavy atom. The van der Waals surface area contributed by atoms with Gasteiger partial charge in [-0.1, -0.05) is 54.6 Å². The summed E-state index contributed by atoms with van der Waals surface area (Å²) in [7, 11) is -2.92. The van der Waals surface area contributed by atoms with Gasteiger partial charge in [-0.2, -0.15) is 0 Å². The fourth-order valence-electron chi connectivity index (χ4n) is 4.03. The summed E-state index contributed by atoms with van der Waals surface area (Å²) in [5.41, 5.74) is 8.86. The van der Waals surface area contributed by atoms with Crippen LogP contribution in [0.1, 0.15) is 16.7 Å². The van der Waals surface area contributed by atoms with Crippen LogP contribution in [0.15, 0.2) is 72.8 Å². The van der Waals surface area contributed by atoms with Gasteiger partial charge in [0.05, 0.1) is 19.6 Å². The van der Waals surface area contributed by atoms with Crippen LogP contribution in [-0.4, -0.2) is 27.0 Å². The first-order chi connectivity index (χ1) is 15.1. The summed E-state index contributed by atoms with van der Waals surface area (Å²) in [5, 5.41) is 32.2. The van der Waals surface area contributed by atoms with Crippen molar-refractivity contribution in [3.05, 3.63) is 89.5 Å². The first kappa shape index (κ1) is 23.2. The van der Waals surface area contributed by atoms with Crippen molar-refractivity contribution in [2.45, 2.75) is 19.3 Å². The molecule has 162 valence electrons. The lowest BCUT2D eigenvalue weighted by Crippen LogP contribution is -2.75. The molecule has 0 aliphatic carbocycles. The molecule has 0 bridgehead atoms. The van der Waals surface area contributed by atoms with E-state index >= 15 is 0 Å². The van der Waals surface area contributed by atoms with Crippen LogP contribution in [0.3, 0.4) is 0 Å². The van der Waals surface area contributed by atoms with Gasteiger partial charge in [0.25, 0.3) is 0 Å². The molecule has 3 aromatic carbocycles. The average Bonchev–Trinajstić information content (AvgIpc) is 3.54. The minimum Gasteiger partial charge on any atom is -0.907 e. The van der Waals surface area contributed by atoms with E-state index in [9.17, 15) is 0 Å². The molecule has 3 heterocycles. The molecule has 6 nitrogen and oxygen atoms in total. The normalized spacial score (nSPS) is 14.4. The zero-order valence-corrected chi connectivity index (χ0v) is 17.7. The fraction of sp³-hybridized carbons (Fsp3) is 0.250. The largest absolute Gasteiger partial charge is 0.907 e. The number of para-hydroxylation sites is 3. The van der Waals surface area contributed by atoms with Crippen molar-refractivity contribution in [3.8, 4) is 0 Å². The SMILES string of the molecule is [O-]B([O-])[O-].c1ccc2c(c1)CC[NH2+]2.c1ccc2c(c1)CC[NH2+]2.c1ccc2c(c1)CC[NH2+]2. The van der Waals surface area contributed by atoms with Crippen LogP contribution in [0.5, 0.6) is 0 Å². The van der Waals surface area contributed by atoms with E-state index in [0.717, 1.165) is 0 Å². The van der Waals surface area contributed by atoms with Crippen molar-refractivity contribution in [2.24, 2.45) is 0 Å². The number of rotatable bonds is 0. The average molecular weight is 419 g/mol. The maximum absolute atomic E-state index is 8.42. The van der Waals surface area contributed by atoms with Crippen molar-refractivity contribution in [1.29, 1.82) is 0 Å². The topological polar surface area (TPSA) is 119 Å². The summed E-state index contributed by atoms with van der Waals surface area (Å²) < 4.78 is 0. The van der Waals surface area contributed by atoms with Gasteiger partial charge in [0.2, 0.25) is 0 Å². The molecule has 31 heavy (non-hydrogen) atoms. The standard InChI is InChI=1S/3C8H9N.BO3/c3*1-2-4-8-7(3-1)5-6-9-8;2-1(3)4/h3*1-4,9H,5-6H2;/q;;;-3/p+3. The van der Waals surface area contributed by atoms with Crippen molar-refractivity contribution in [1.82, 2.24) is 0 Å². The molecular formula is C24H30BN3O3. The lowest BCUT2D eigenvalue weighted by Gasteiger charge is -2.35. The van der Waals surface area contributed by atoms with Crippen LogP contribution >= 0.6 is 0 Å². The molecule has 0 saturated heterocycles. The molecule has 0 fully saturated rings. The summed E-state index contributed by atoms with van der Waals surface area (Å²) in [5.74, 6) is 0. The van der Waals surface area contributed by atoms with E-state index in [1.54, 1.807) is 0 Å². The summed E-state index contributed by atoms with van der Waals surface area (Å²) in [6.45, 7) is 3.71. The summed E-state index contributed by atoms with van der Waals surface area (Å²) in [6.07, 6.45) is 3.74. The molecule has 3 aromatic rings. The number of hydrogen-bond acceptors (Lipinski definition) is 3. The maximum atomic E-state index is 8.42. The van der Waals surface area contributed by atoms with Crippen LogP contribution in [-0.2, 0) is 19.3 Å². The summed E-state index contributed by atoms with van der Waals surface area (Å²) in [4.78, 5) is 0. The number of hydrogen-bond donors (Lipinski definition) is 3. The van der Waals surface area contributed by atoms with Crippen molar-refractivity contribution in [2.75, 3.05) is 19.6 Å². The van der Waals surface area contributed by atoms with Crippen LogP contribution in [0.2, 0.25) is 0 Å². The van der Waals surface area contributed by atoms with Crippen LogP contribution in [0.4, 0.5) is 17.1 Å². The Kier molecular flexibility index (Phi) is 9.24. The van der Waals surface area contributed by atoms with Crippen LogP contribution in [0, 0.1) is 0 Å². The lowest BCUT2D eigenvalue weighted by atomic mass is 10.2. The Morgan fingerprint density at radius 3 is 1.00 bits per heavy atom. The third-order valence-electron chi connectivity index (χ3n) is 5.50. The highest BCUT2D eigenvalue weighted by Gasteiger charge is 2.12. The van der Waals surface area contributed by atoms with Gasteiger partial charge in [0, 0.05) is 36.0 Å². The quantitative estimate of drug-likeness (QED) is 0.273. The molecule has 6 rings (SSSR count).